The summed E-state index contributed by atoms with van der Waals surface area (Å²) in [4.78, 5) is 0. The molecule has 8 aliphatic rings. The van der Waals surface area contributed by atoms with Crippen molar-refractivity contribution in [1.29, 1.82) is 0 Å². The van der Waals surface area contributed by atoms with Crippen LogP contribution in [0.15, 0.2) is 0 Å². The molecule has 358 valence electrons. The quantitative estimate of drug-likeness (QED) is 0.109. The van der Waals surface area contributed by atoms with Gasteiger partial charge >= 0.3 is 0 Å². The predicted octanol–water partition coefficient (Wildman–Crippen LogP) is -1.14. The molecule has 4 aliphatic heterocycles. The molecular formula is C44H74O18. The molecule has 4 saturated heterocycles. The molecule has 0 unspecified atom stereocenters. The predicted molar refractivity (Wildman–Crippen MR) is 213 cm³/mol. The highest BCUT2D eigenvalue weighted by atomic mass is 16.7. The fourth-order valence-corrected chi connectivity index (χ4v) is 13.9. The minimum Gasteiger partial charge on any atom is -0.394 e. The summed E-state index contributed by atoms with van der Waals surface area (Å²) in [6.45, 7) is 9.64. The zero-order chi connectivity index (χ0) is 44.8. The SMILES string of the molecule is C[C@H](CC[C@@]1(O)O[C@H]2C[C@H]3[C@@H]4C[C@H](O[C@@H]5O[C@H](C)[C@@H](O)[C@H](O[C@@H]6OC[C@@H](O)[C@H](O)[C@H]6O)[C@H]5O)[C@H]5C[C@@H](O)CC[C@]5(C)[C@H]4CC[C@]3(C)[C@H]2[C@@H]1C)CO[C@@H]1O[C@H](CO)[C@@H](O)[C@H](O)[C@H]1O. The van der Waals surface area contributed by atoms with Crippen LogP contribution in [0.1, 0.15) is 92.4 Å². The largest absolute Gasteiger partial charge is 0.394 e. The van der Waals surface area contributed by atoms with Gasteiger partial charge in [-0.2, -0.15) is 0 Å². The number of aliphatic hydroxyl groups is 11. The molecule has 0 radical (unpaired) electrons. The van der Waals surface area contributed by atoms with E-state index < -0.39 is 111 Å². The minimum atomic E-state index is -1.62. The normalized spacial score (nSPS) is 57.0. The second-order valence-electron chi connectivity index (χ2n) is 21.1. The van der Waals surface area contributed by atoms with E-state index in [0.29, 0.717) is 38.0 Å². The van der Waals surface area contributed by atoms with Crippen LogP contribution in [0.4, 0.5) is 0 Å². The van der Waals surface area contributed by atoms with Gasteiger partial charge in [0.05, 0.1) is 44.2 Å². The van der Waals surface area contributed by atoms with Gasteiger partial charge in [-0.15, -0.1) is 0 Å². The van der Waals surface area contributed by atoms with Gasteiger partial charge in [-0.25, -0.2) is 0 Å². The molecule has 4 saturated carbocycles. The van der Waals surface area contributed by atoms with E-state index in [4.69, 9.17) is 33.2 Å². The average Bonchev–Trinajstić information content (AvgIpc) is 3.67. The minimum absolute atomic E-state index is 0.0397. The molecule has 0 spiro atoms. The fraction of sp³-hybridized carbons (Fsp3) is 1.00. The molecule has 27 atom stereocenters. The summed E-state index contributed by atoms with van der Waals surface area (Å²) in [7, 11) is 0. The summed E-state index contributed by atoms with van der Waals surface area (Å²) in [5.41, 5.74) is -0.322. The van der Waals surface area contributed by atoms with Gasteiger partial charge in [0.1, 0.15) is 61.0 Å². The Morgan fingerprint density at radius 3 is 2.15 bits per heavy atom. The third-order valence-corrected chi connectivity index (χ3v) is 17.5. The fourth-order valence-electron chi connectivity index (χ4n) is 13.9. The first-order valence-electron chi connectivity index (χ1n) is 23.2. The van der Waals surface area contributed by atoms with E-state index in [-0.39, 0.29) is 65.7 Å². The van der Waals surface area contributed by atoms with Crippen molar-refractivity contribution in [1.82, 2.24) is 0 Å². The zero-order valence-corrected chi connectivity index (χ0v) is 36.6. The van der Waals surface area contributed by atoms with Gasteiger partial charge < -0.3 is 89.3 Å². The third-order valence-electron chi connectivity index (χ3n) is 17.5. The number of hydrogen-bond donors (Lipinski definition) is 11. The van der Waals surface area contributed by atoms with E-state index in [1.165, 1.54) is 0 Å². The van der Waals surface area contributed by atoms with Crippen LogP contribution in [-0.4, -0.2) is 186 Å². The van der Waals surface area contributed by atoms with Gasteiger partial charge in [0.2, 0.25) is 0 Å². The van der Waals surface area contributed by atoms with Gasteiger partial charge in [0, 0.05) is 12.3 Å². The topological polar surface area (TPSA) is 287 Å². The second kappa shape index (κ2) is 18.1. The van der Waals surface area contributed by atoms with Crippen molar-refractivity contribution < 1.29 is 89.3 Å². The summed E-state index contributed by atoms with van der Waals surface area (Å²) in [5.74, 6) is -0.733. The molecule has 0 aromatic carbocycles. The molecule has 8 fully saturated rings. The van der Waals surface area contributed by atoms with Crippen LogP contribution in [0.25, 0.3) is 0 Å². The Kier molecular flexibility index (Phi) is 13.9. The van der Waals surface area contributed by atoms with Gasteiger partial charge in [0.15, 0.2) is 24.7 Å². The lowest BCUT2D eigenvalue weighted by Gasteiger charge is -2.63. The van der Waals surface area contributed by atoms with E-state index >= 15 is 0 Å². The maximum absolute atomic E-state index is 12.1. The second-order valence-corrected chi connectivity index (χ2v) is 21.1. The molecule has 4 heterocycles. The molecular weight excluding hydrogens is 816 g/mol. The Hall–Kier alpha value is -0.720. The Bertz CT molecular complexity index is 1530. The molecule has 62 heavy (non-hydrogen) atoms. The average molecular weight is 891 g/mol. The van der Waals surface area contributed by atoms with Crippen molar-refractivity contribution in [3.05, 3.63) is 0 Å². The van der Waals surface area contributed by atoms with Crippen LogP contribution in [0, 0.1) is 52.3 Å². The smallest absolute Gasteiger partial charge is 0.186 e. The highest BCUT2D eigenvalue weighted by Crippen LogP contribution is 2.71. The first kappa shape index (κ1) is 47.8. The molecule has 0 amide bonds. The molecule has 11 N–H and O–H groups in total. The summed E-state index contributed by atoms with van der Waals surface area (Å²) in [6.07, 6.45) is -13.6. The van der Waals surface area contributed by atoms with Crippen LogP contribution in [0.3, 0.4) is 0 Å². The number of hydrogen-bond acceptors (Lipinski definition) is 18. The van der Waals surface area contributed by atoms with Gasteiger partial charge in [-0.3, -0.25) is 0 Å². The highest BCUT2D eigenvalue weighted by molar-refractivity contribution is 5.16. The lowest BCUT2D eigenvalue weighted by Crippen LogP contribution is -2.64. The maximum Gasteiger partial charge on any atom is 0.186 e. The summed E-state index contributed by atoms with van der Waals surface area (Å²) < 4.78 is 42.3. The molecule has 18 heteroatoms. The Balaban J connectivity index is 0.942. The van der Waals surface area contributed by atoms with Gasteiger partial charge in [-0.05, 0) is 105 Å². The van der Waals surface area contributed by atoms with Crippen LogP contribution in [0.5, 0.6) is 0 Å². The van der Waals surface area contributed by atoms with E-state index in [1.807, 2.05) is 6.92 Å². The van der Waals surface area contributed by atoms with Crippen molar-refractivity contribution in [3.8, 4) is 0 Å². The van der Waals surface area contributed by atoms with Crippen molar-refractivity contribution in [3.63, 3.8) is 0 Å². The van der Waals surface area contributed by atoms with Crippen molar-refractivity contribution in [2.24, 2.45) is 52.3 Å². The molecule has 0 aromatic heterocycles. The van der Waals surface area contributed by atoms with Crippen LogP contribution < -0.4 is 0 Å². The molecule has 4 aliphatic carbocycles. The molecule has 0 bridgehead atoms. The monoisotopic (exact) mass is 890 g/mol. The number of fused-ring (bicyclic) bond motifs is 7. The molecule has 18 nitrogen and oxygen atoms in total. The van der Waals surface area contributed by atoms with Crippen LogP contribution in [0.2, 0.25) is 0 Å². The number of ether oxygens (including phenoxy) is 7. The molecule has 8 rings (SSSR count). The van der Waals surface area contributed by atoms with Gasteiger partial charge in [-0.1, -0.05) is 27.7 Å². The van der Waals surface area contributed by atoms with Crippen LogP contribution >= 0.6 is 0 Å². The summed E-state index contributed by atoms with van der Waals surface area (Å²) in [5, 5.41) is 117. The van der Waals surface area contributed by atoms with Crippen molar-refractivity contribution in [2.45, 2.75) is 203 Å². The Morgan fingerprint density at radius 2 is 1.42 bits per heavy atom. The lowest BCUT2D eigenvalue weighted by molar-refractivity contribution is -0.357. The van der Waals surface area contributed by atoms with Crippen molar-refractivity contribution >= 4 is 0 Å². The lowest BCUT2D eigenvalue weighted by atomic mass is 9.43. The number of rotatable bonds is 11. The first-order valence-corrected chi connectivity index (χ1v) is 23.2. The Labute approximate surface area is 363 Å². The maximum atomic E-state index is 12.1. The van der Waals surface area contributed by atoms with E-state index in [1.54, 1.807) is 6.92 Å². The van der Waals surface area contributed by atoms with Crippen LogP contribution in [-0.2, 0) is 33.2 Å². The first-order chi connectivity index (χ1) is 29.2. The highest BCUT2D eigenvalue weighted by Gasteiger charge is 2.69. The standard InChI is InChI=1S/C44H74O18/c1-18(16-56-39-36(53)34(51)33(50)29(15-45)60-39)6-11-44(55)19(2)30-28(62-44)14-24-22-13-27(25-12-21(46)7-9-42(25,4)23(22)8-10-43(24,30)5)59-41-37(54)38(31(48)20(3)58-41)61-40-35(52)32(49)26(47)17-57-40/h18-41,45-55H,6-17H2,1-5H3/t18-,19+,20-,21+,22-,23+,24+,25-,26-,27+,28+,29-,30+,31-,32+,33-,34+,35-,36-,37-,38+,39-,40+,41+,42-,43+,44-/m1/s1. The zero-order valence-electron chi connectivity index (χ0n) is 36.6. The van der Waals surface area contributed by atoms with Gasteiger partial charge in [0.25, 0.3) is 0 Å². The van der Waals surface area contributed by atoms with Crippen molar-refractivity contribution in [2.75, 3.05) is 19.8 Å². The summed E-state index contributed by atoms with van der Waals surface area (Å²) in [6, 6.07) is 0. The Morgan fingerprint density at radius 1 is 0.710 bits per heavy atom. The third kappa shape index (κ3) is 8.24. The van der Waals surface area contributed by atoms with E-state index in [0.717, 1.165) is 25.7 Å². The van der Waals surface area contributed by atoms with E-state index in [2.05, 4.69) is 20.8 Å². The summed E-state index contributed by atoms with van der Waals surface area (Å²) >= 11 is 0. The van der Waals surface area contributed by atoms with E-state index in [9.17, 15) is 56.2 Å². The number of aliphatic hydroxyl groups excluding tert-OH is 10. The molecule has 0 aromatic rings.